The number of carbonyl (C=O) groups is 2. The van der Waals surface area contributed by atoms with Crippen molar-refractivity contribution in [3.63, 3.8) is 0 Å². The minimum Gasteiger partial charge on any atom is -0.324 e. The van der Waals surface area contributed by atoms with Gasteiger partial charge < -0.3 is 4.90 Å². The number of quaternary nitrogens is 1. The summed E-state index contributed by atoms with van der Waals surface area (Å²) in [6.45, 7) is 2.07. The van der Waals surface area contributed by atoms with Gasteiger partial charge in [-0.2, -0.15) is 0 Å². The average molecular weight is 212 g/mol. The van der Waals surface area contributed by atoms with Crippen LogP contribution in [-0.2, 0) is 9.59 Å². The van der Waals surface area contributed by atoms with E-state index < -0.39 is 0 Å². The van der Waals surface area contributed by atoms with Gasteiger partial charge in [0.05, 0.1) is 19.5 Å². The van der Waals surface area contributed by atoms with Crippen molar-refractivity contribution in [1.82, 2.24) is 10.0 Å². The summed E-state index contributed by atoms with van der Waals surface area (Å²) in [5.74, 6) is -0.0868. The van der Waals surface area contributed by atoms with Gasteiger partial charge in [0.2, 0.25) is 0 Å². The Morgan fingerprint density at radius 1 is 1.27 bits per heavy atom. The second kappa shape index (κ2) is 3.90. The summed E-state index contributed by atoms with van der Waals surface area (Å²) >= 11 is 0. The van der Waals surface area contributed by atoms with Gasteiger partial charge in [0.25, 0.3) is 5.91 Å². The summed E-state index contributed by atoms with van der Waals surface area (Å²) in [7, 11) is 3.47. The van der Waals surface area contributed by atoms with Crippen LogP contribution in [0.25, 0.3) is 0 Å². The lowest BCUT2D eigenvalue weighted by Crippen LogP contribution is -3.14. The van der Waals surface area contributed by atoms with Crippen molar-refractivity contribution in [3.8, 4) is 0 Å². The van der Waals surface area contributed by atoms with Crippen LogP contribution in [-0.4, -0.2) is 55.1 Å². The second-order valence-electron chi connectivity index (χ2n) is 4.51. The van der Waals surface area contributed by atoms with E-state index >= 15 is 0 Å². The molecule has 0 aromatic carbocycles. The van der Waals surface area contributed by atoms with E-state index in [9.17, 15) is 9.59 Å². The Morgan fingerprint density at radius 2 is 1.87 bits per heavy atom. The summed E-state index contributed by atoms with van der Waals surface area (Å²) in [4.78, 5) is 24.9. The highest BCUT2D eigenvalue weighted by Gasteiger charge is 2.46. The second-order valence-corrected chi connectivity index (χ2v) is 4.51. The van der Waals surface area contributed by atoms with Crippen molar-refractivity contribution in [1.29, 1.82) is 0 Å². The zero-order valence-electron chi connectivity index (χ0n) is 9.32. The molecule has 0 bridgehead atoms. The molecule has 84 valence electrons. The number of hydrogen-bond donors (Lipinski definition) is 1. The van der Waals surface area contributed by atoms with Gasteiger partial charge in [0.15, 0.2) is 6.04 Å². The first kappa shape index (κ1) is 10.6. The molecule has 5 nitrogen and oxygen atoms in total. The van der Waals surface area contributed by atoms with Crippen molar-refractivity contribution in [3.05, 3.63) is 0 Å². The highest BCUT2D eigenvalue weighted by atomic mass is 16.2. The number of carbonyl (C=O) groups excluding carboxylic acids is 2. The average Bonchev–Trinajstić information content (AvgIpc) is 2.72. The minimum absolute atomic E-state index is 0.0260. The number of nitrogens with one attached hydrogen (secondary N) is 1. The quantitative estimate of drug-likeness (QED) is 0.553. The Bertz CT molecular complexity index is 284. The molecule has 1 N–H and O–H groups in total. The Balaban J connectivity index is 2.10. The maximum Gasteiger partial charge on any atom is 0.302 e. The van der Waals surface area contributed by atoms with Crippen molar-refractivity contribution in [2.24, 2.45) is 0 Å². The molecule has 0 aliphatic carbocycles. The number of imide groups is 1. The Morgan fingerprint density at radius 3 is 2.33 bits per heavy atom. The molecule has 0 saturated carbocycles. The van der Waals surface area contributed by atoms with Crippen molar-refractivity contribution in [2.45, 2.75) is 25.3 Å². The Hall–Kier alpha value is -0.940. The van der Waals surface area contributed by atoms with E-state index in [-0.39, 0.29) is 17.9 Å². The van der Waals surface area contributed by atoms with Gasteiger partial charge >= 0.3 is 5.91 Å². The SMILES string of the molecule is CN(C)N1C(=O)C[C@@H]([NH+]2CCCC2)C1=O. The Kier molecular flexibility index (Phi) is 2.75. The standard InChI is InChI=1S/C10H17N3O2/c1-11(2)13-9(14)7-8(10(13)15)12-5-3-4-6-12/h8H,3-7H2,1-2H3/p+1/t8-/m1/s1. The van der Waals surface area contributed by atoms with Crippen LogP contribution in [0.4, 0.5) is 0 Å². The van der Waals surface area contributed by atoms with Gasteiger partial charge in [-0.25, -0.2) is 10.0 Å². The van der Waals surface area contributed by atoms with Crippen LogP contribution in [0.2, 0.25) is 0 Å². The molecule has 0 aromatic heterocycles. The third-order valence-electron chi connectivity index (χ3n) is 3.26. The normalized spacial score (nSPS) is 28.5. The predicted molar refractivity (Wildman–Crippen MR) is 53.9 cm³/mol. The smallest absolute Gasteiger partial charge is 0.302 e. The van der Waals surface area contributed by atoms with E-state index in [2.05, 4.69) is 0 Å². The van der Waals surface area contributed by atoms with Crippen LogP contribution in [0.5, 0.6) is 0 Å². The molecule has 2 aliphatic heterocycles. The molecule has 0 unspecified atom stereocenters. The molecule has 2 rings (SSSR count). The first-order valence-corrected chi connectivity index (χ1v) is 5.50. The topological polar surface area (TPSA) is 45.1 Å². The fourth-order valence-corrected chi connectivity index (χ4v) is 2.54. The number of nitrogens with zero attached hydrogens (tertiary/aromatic N) is 2. The first-order chi connectivity index (χ1) is 7.11. The molecule has 15 heavy (non-hydrogen) atoms. The molecular formula is C10H18N3O2+. The zero-order chi connectivity index (χ0) is 11.0. The molecule has 2 saturated heterocycles. The lowest BCUT2D eigenvalue weighted by molar-refractivity contribution is -0.902. The summed E-state index contributed by atoms with van der Waals surface area (Å²) in [5.41, 5.74) is 0. The molecular weight excluding hydrogens is 194 g/mol. The number of likely N-dealkylation sites (tertiary alicyclic amines) is 1. The fourth-order valence-electron chi connectivity index (χ4n) is 2.54. The van der Waals surface area contributed by atoms with E-state index in [1.807, 2.05) is 0 Å². The Labute approximate surface area is 89.6 Å². The minimum atomic E-state index is -0.123. The van der Waals surface area contributed by atoms with Crippen molar-refractivity contribution >= 4 is 11.8 Å². The summed E-state index contributed by atoms with van der Waals surface area (Å²) in [6.07, 6.45) is 2.73. The summed E-state index contributed by atoms with van der Waals surface area (Å²) < 4.78 is 0. The monoisotopic (exact) mass is 212 g/mol. The van der Waals surface area contributed by atoms with Crippen LogP contribution in [0, 0.1) is 0 Å². The van der Waals surface area contributed by atoms with E-state index in [4.69, 9.17) is 0 Å². The van der Waals surface area contributed by atoms with E-state index in [0.29, 0.717) is 6.42 Å². The van der Waals surface area contributed by atoms with Crippen molar-refractivity contribution < 1.29 is 14.5 Å². The van der Waals surface area contributed by atoms with E-state index in [0.717, 1.165) is 13.1 Å². The molecule has 2 amide bonds. The molecule has 2 aliphatic rings. The molecule has 2 heterocycles. The van der Waals surface area contributed by atoms with Gasteiger partial charge in [0.1, 0.15) is 0 Å². The molecule has 0 radical (unpaired) electrons. The third kappa shape index (κ3) is 1.77. The fraction of sp³-hybridized carbons (Fsp3) is 0.800. The van der Waals surface area contributed by atoms with Crippen LogP contribution < -0.4 is 4.90 Å². The summed E-state index contributed by atoms with van der Waals surface area (Å²) in [6, 6.07) is -0.123. The predicted octanol–water partition coefficient (Wildman–Crippen LogP) is -1.73. The van der Waals surface area contributed by atoms with Crippen LogP contribution in [0.3, 0.4) is 0 Å². The third-order valence-corrected chi connectivity index (χ3v) is 3.26. The van der Waals surface area contributed by atoms with Gasteiger partial charge in [-0.05, 0) is 0 Å². The highest BCUT2D eigenvalue weighted by Crippen LogP contribution is 2.12. The maximum absolute atomic E-state index is 12.0. The van der Waals surface area contributed by atoms with Gasteiger partial charge in [-0.3, -0.25) is 9.59 Å². The number of rotatable bonds is 2. The van der Waals surface area contributed by atoms with Gasteiger partial charge in [-0.1, -0.05) is 0 Å². The molecule has 0 aromatic rings. The van der Waals surface area contributed by atoms with E-state index in [1.165, 1.54) is 22.8 Å². The number of hydrogen-bond acceptors (Lipinski definition) is 3. The number of amides is 2. The molecule has 1 atom stereocenters. The van der Waals surface area contributed by atoms with Gasteiger partial charge in [-0.15, -0.1) is 0 Å². The van der Waals surface area contributed by atoms with Crippen LogP contribution in [0.1, 0.15) is 19.3 Å². The first-order valence-electron chi connectivity index (χ1n) is 5.50. The summed E-state index contributed by atoms with van der Waals surface area (Å²) in [5, 5.41) is 2.86. The number of hydrazine groups is 1. The molecule has 0 spiro atoms. The highest BCUT2D eigenvalue weighted by molar-refractivity contribution is 6.04. The van der Waals surface area contributed by atoms with Crippen LogP contribution in [0.15, 0.2) is 0 Å². The van der Waals surface area contributed by atoms with E-state index in [1.54, 1.807) is 19.1 Å². The lowest BCUT2D eigenvalue weighted by Gasteiger charge is -2.23. The largest absolute Gasteiger partial charge is 0.324 e. The zero-order valence-corrected chi connectivity index (χ0v) is 9.32. The van der Waals surface area contributed by atoms with Crippen LogP contribution >= 0.6 is 0 Å². The van der Waals surface area contributed by atoms with Gasteiger partial charge in [0, 0.05) is 26.9 Å². The molecule has 2 fully saturated rings. The maximum atomic E-state index is 12.0. The lowest BCUT2D eigenvalue weighted by atomic mass is 10.2. The van der Waals surface area contributed by atoms with Crippen molar-refractivity contribution in [2.75, 3.05) is 27.2 Å². The molecule has 5 heteroatoms.